The van der Waals surface area contributed by atoms with Crippen LogP contribution in [0.2, 0.25) is 0 Å². The minimum absolute atomic E-state index is 0.0302. The highest BCUT2D eigenvalue weighted by molar-refractivity contribution is 5.06. The second-order valence-electron chi connectivity index (χ2n) is 5.88. The number of rotatable bonds is 2. The molecule has 2 heteroatoms. The van der Waals surface area contributed by atoms with Gasteiger partial charge in [-0.2, -0.15) is 0 Å². The Labute approximate surface area is 99.3 Å². The van der Waals surface area contributed by atoms with Gasteiger partial charge in [-0.1, -0.05) is 12.2 Å². The summed E-state index contributed by atoms with van der Waals surface area (Å²) in [6, 6.07) is 0. The maximum atomic E-state index is 10.4. The fraction of sp³-hybridized carbons (Fsp3) is 0.857. The third-order valence-electron chi connectivity index (χ3n) is 4.75. The average molecular weight is 223 g/mol. The van der Waals surface area contributed by atoms with Crippen LogP contribution in [0.3, 0.4) is 0 Å². The van der Waals surface area contributed by atoms with E-state index in [1.165, 1.54) is 37.9 Å². The van der Waals surface area contributed by atoms with Crippen molar-refractivity contribution in [2.45, 2.75) is 57.6 Å². The Kier molecular flexibility index (Phi) is 3.41. The van der Waals surface area contributed by atoms with Gasteiger partial charge in [-0.25, -0.2) is 0 Å². The summed E-state index contributed by atoms with van der Waals surface area (Å²) in [5, 5.41) is 10.4. The van der Waals surface area contributed by atoms with Gasteiger partial charge in [0.2, 0.25) is 0 Å². The van der Waals surface area contributed by atoms with E-state index in [-0.39, 0.29) is 11.6 Å². The number of hydrogen-bond donors (Lipinski definition) is 1. The number of allylic oxidation sites excluding steroid dienone is 1. The van der Waals surface area contributed by atoms with Crippen molar-refractivity contribution >= 4 is 0 Å². The lowest BCUT2D eigenvalue weighted by Gasteiger charge is -2.47. The molecule has 16 heavy (non-hydrogen) atoms. The molecule has 3 atom stereocenters. The van der Waals surface area contributed by atoms with E-state index in [1.807, 2.05) is 0 Å². The second-order valence-corrected chi connectivity index (χ2v) is 5.88. The third kappa shape index (κ3) is 2.05. The van der Waals surface area contributed by atoms with E-state index >= 15 is 0 Å². The summed E-state index contributed by atoms with van der Waals surface area (Å²) in [6.07, 6.45) is 5.63. The van der Waals surface area contributed by atoms with Crippen molar-refractivity contribution < 1.29 is 5.11 Å². The number of likely N-dealkylation sites (tertiary alicyclic amines) is 1. The minimum Gasteiger partial charge on any atom is -0.391 e. The predicted molar refractivity (Wildman–Crippen MR) is 67.4 cm³/mol. The van der Waals surface area contributed by atoms with Gasteiger partial charge in [-0.3, -0.25) is 4.90 Å². The molecule has 0 spiro atoms. The summed E-state index contributed by atoms with van der Waals surface area (Å²) >= 11 is 0. The van der Waals surface area contributed by atoms with Crippen LogP contribution in [0.25, 0.3) is 0 Å². The zero-order valence-electron chi connectivity index (χ0n) is 10.7. The molecule has 2 fully saturated rings. The summed E-state index contributed by atoms with van der Waals surface area (Å²) in [7, 11) is 0. The van der Waals surface area contributed by atoms with E-state index in [4.69, 9.17) is 0 Å². The van der Waals surface area contributed by atoms with E-state index in [1.54, 1.807) is 0 Å². The lowest BCUT2D eigenvalue weighted by molar-refractivity contribution is -0.0485. The van der Waals surface area contributed by atoms with Gasteiger partial charge in [0, 0.05) is 5.54 Å². The van der Waals surface area contributed by atoms with E-state index in [9.17, 15) is 5.11 Å². The highest BCUT2D eigenvalue weighted by atomic mass is 16.3. The Morgan fingerprint density at radius 1 is 1.38 bits per heavy atom. The van der Waals surface area contributed by atoms with Crippen molar-refractivity contribution in [3.8, 4) is 0 Å². The third-order valence-corrected chi connectivity index (χ3v) is 4.75. The first-order chi connectivity index (χ1) is 7.54. The molecule has 0 aromatic rings. The number of nitrogens with zero attached hydrogens (tertiary/aromatic N) is 1. The highest BCUT2D eigenvalue weighted by Crippen LogP contribution is 2.40. The average Bonchev–Trinajstić information content (AvgIpc) is 2.75. The molecule has 2 rings (SSSR count). The monoisotopic (exact) mass is 223 g/mol. The standard InChI is InChI=1S/C14H25NO/c1-11(2)12-6-7-14(3,13(16)10-12)15-8-4-5-9-15/h12-13,16H,1,4-10H2,2-3H3/t12-,13+,14+/m1/s1. The molecule has 1 aliphatic heterocycles. The number of hydrogen-bond acceptors (Lipinski definition) is 2. The Bertz CT molecular complexity index is 270. The van der Waals surface area contributed by atoms with Crippen LogP contribution in [0.15, 0.2) is 12.2 Å². The van der Waals surface area contributed by atoms with Crippen molar-refractivity contribution in [1.82, 2.24) is 4.90 Å². The van der Waals surface area contributed by atoms with Crippen LogP contribution in [0.5, 0.6) is 0 Å². The topological polar surface area (TPSA) is 23.5 Å². The van der Waals surface area contributed by atoms with Gasteiger partial charge in [-0.05, 0) is 65.0 Å². The number of aliphatic hydroxyl groups excluding tert-OH is 1. The molecular weight excluding hydrogens is 198 g/mol. The second kappa shape index (κ2) is 4.50. The molecule has 2 nitrogen and oxygen atoms in total. The first-order valence-electron chi connectivity index (χ1n) is 6.62. The van der Waals surface area contributed by atoms with Gasteiger partial charge in [0.05, 0.1) is 6.10 Å². The quantitative estimate of drug-likeness (QED) is 0.727. The molecule has 1 N–H and O–H groups in total. The Morgan fingerprint density at radius 2 is 2.00 bits per heavy atom. The molecule has 0 aromatic carbocycles. The largest absolute Gasteiger partial charge is 0.391 e. The van der Waals surface area contributed by atoms with Crippen LogP contribution in [0, 0.1) is 5.92 Å². The van der Waals surface area contributed by atoms with Gasteiger partial charge >= 0.3 is 0 Å². The molecule has 0 amide bonds. The zero-order chi connectivity index (χ0) is 11.8. The fourth-order valence-corrected chi connectivity index (χ4v) is 3.32. The normalized spacial score (nSPS) is 41.2. The van der Waals surface area contributed by atoms with Gasteiger partial charge < -0.3 is 5.11 Å². The fourth-order valence-electron chi connectivity index (χ4n) is 3.32. The Morgan fingerprint density at radius 3 is 2.50 bits per heavy atom. The molecule has 0 aromatic heterocycles. The smallest absolute Gasteiger partial charge is 0.0726 e. The molecule has 0 unspecified atom stereocenters. The van der Waals surface area contributed by atoms with E-state index in [0.29, 0.717) is 5.92 Å². The SMILES string of the molecule is C=C(C)[C@@H]1CC[C@](C)(N2CCCC2)[C@@H](O)C1. The Balaban J connectivity index is 2.04. The van der Waals surface area contributed by atoms with Gasteiger partial charge in [0.1, 0.15) is 0 Å². The first kappa shape index (κ1) is 12.1. The summed E-state index contributed by atoms with van der Waals surface area (Å²) < 4.78 is 0. The maximum absolute atomic E-state index is 10.4. The molecule has 0 bridgehead atoms. The lowest BCUT2D eigenvalue weighted by Crippen LogP contribution is -2.56. The van der Waals surface area contributed by atoms with Crippen molar-refractivity contribution in [3.63, 3.8) is 0 Å². The van der Waals surface area contributed by atoms with Crippen LogP contribution < -0.4 is 0 Å². The highest BCUT2D eigenvalue weighted by Gasteiger charge is 2.43. The minimum atomic E-state index is -0.180. The summed E-state index contributed by atoms with van der Waals surface area (Å²) in [5.41, 5.74) is 1.27. The molecule has 1 saturated carbocycles. The summed E-state index contributed by atoms with van der Waals surface area (Å²) in [6.45, 7) is 10.7. The number of aliphatic hydroxyl groups is 1. The van der Waals surface area contributed by atoms with E-state index < -0.39 is 0 Å². The van der Waals surface area contributed by atoms with Crippen molar-refractivity contribution in [2.75, 3.05) is 13.1 Å². The molecule has 1 aliphatic carbocycles. The first-order valence-corrected chi connectivity index (χ1v) is 6.62. The molecule has 0 radical (unpaired) electrons. The van der Waals surface area contributed by atoms with E-state index in [0.717, 1.165) is 12.8 Å². The maximum Gasteiger partial charge on any atom is 0.0726 e. The van der Waals surface area contributed by atoms with Gasteiger partial charge in [-0.15, -0.1) is 0 Å². The van der Waals surface area contributed by atoms with Gasteiger partial charge in [0.25, 0.3) is 0 Å². The summed E-state index contributed by atoms with van der Waals surface area (Å²) in [5.74, 6) is 0.533. The van der Waals surface area contributed by atoms with Gasteiger partial charge in [0.15, 0.2) is 0 Å². The molecule has 92 valence electrons. The van der Waals surface area contributed by atoms with Crippen LogP contribution in [0.4, 0.5) is 0 Å². The van der Waals surface area contributed by atoms with Crippen LogP contribution in [-0.4, -0.2) is 34.7 Å². The van der Waals surface area contributed by atoms with Crippen molar-refractivity contribution in [2.24, 2.45) is 5.92 Å². The summed E-state index contributed by atoms with van der Waals surface area (Å²) in [4.78, 5) is 2.51. The lowest BCUT2D eigenvalue weighted by atomic mass is 9.72. The Hall–Kier alpha value is -0.340. The predicted octanol–water partition coefficient (Wildman–Crippen LogP) is 2.58. The van der Waals surface area contributed by atoms with E-state index in [2.05, 4.69) is 25.3 Å². The molecular formula is C14H25NO. The van der Waals surface area contributed by atoms with Crippen LogP contribution in [-0.2, 0) is 0 Å². The zero-order valence-corrected chi connectivity index (χ0v) is 10.7. The molecule has 1 saturated heterocycles. The molecule has 1 heterocycles. The van der Waals surface area contributed by atoms with Crippen molar-refractivity contribution in [1.29, 1.82) is 0 Å². The van der Waals surface area contributed by atoms with Crippen LogP contribution in [0.1, 0.15) is 46.0 Å². The van der Waals surface area contributed by atoms with Crippen molar-refractivity contribution in [3.05, 3.63) is 12.2 Å². The molecule has 2 aliphatic rings. The van der Waals surface area contributed by atoms with Crippen LogP contribution >= 0.6 is 0 Å².